The maximum atomic E-state index is 12.7. The molecule has 1 amide bonds. The largest absolute Gasteiger partial charge is 0.332 e. The fourth-order valence-corrected chi connectivity index (χ4v) is 4.60. The Kier molecular flexibility index (Phi) is 5.50. The van der Waals surface area contributed by atoms with Gasteiger partial charge in [-0.3, -0.25) is 19.5 Å². The van der Waals surface area contributed by atoms with Crippen molar-refractivity contribution in [2.24, 2.45) is 14.1 Å². The molecule has 0 saturated heterocycles. The highest BCUT2D eigenvalue weighted by Gasteiger charge is 2.18. The van der Waals surface area contributed by atoms with E-state index in [0.29, 0.717) is 9.47 Å². The summed E-state index contributed by atoms with van der Waals surface area (Å²) < 4.78 is 4.35. The molecule has 0 aliphatic rings. The lowest BCUT2D eigenvalue weighted by Gasteiger charge is -2.08. The number of carbonyl (C=O) groups is 1. The zero-order valence-electron chi connectivity index (χ0n) is 16.1. The predicted octanol–water partition coefficient (Wildman–Crippen LogP) is 1.22. The molecule has 10 nitrogen and oxygen atoms in total. The van der Waals surface area contributed by atoms with Crippen molar-refractivity contribution in [1.29, 1.82) is 0 Å². The lowest BCUT2D eigenvalue weighted by Crippen LogP contribution is -2.42. The van der Waals surface area contributed by atoms with Crippen LogP contribution in [-0.2, 0) is 31.2 Å². The summed E-state index contributed by atoms with van der Waals surface area (Å²) in [5, 5.41) is 10.9. The number of rotatable bonds is 6. The number of nitrogens with one attached hydrogen (secondary N) is 1. The SMILES string of the molecule is Cn1cnc2c1c(=O)n(CC(=O)Nc1nnc(SCc3ccccc3)s1)c(=O)n2C. The number of fused-ring (bicyclic) bond motifs is 1. The van der Waals surface area contributed by atoms with Crippen LogP contribution in [0.15, 0.2) is 50.6 Å². The van der Waals surface area contributed by atoms with Crippen LogP contribution in [0.2, 0.25) is 0 Å². The number of hydrogen-bond acceptors (Lipinski definition) is 8. The monoisotopic (exact) mass is 443 g/mol. The lowest BCUT2D eigenvalue weighted by molar-refractivity contribution is -0.116. The fourth-order valence-electron chi connectivity index (χ4n) is 2.88. The predicted molar refractivity (Wildman–Crippen MR) is 115 cm³/mol. The quantitative estimate of drug-likeness (QED) is 0.352. The van der Waals surface area contributed by atoms with Crippen LogP contribution in [-0.4, -0.2) is 34.8 Å². The van der Waals surface area contributed by atoms with Crippen LogP contribution in [0.25, 0.3) is 11.2 Å². The smallest absolute Gasteiger partial charge is 0.328 e. The average Bonchev–Trinajstić information content (AvgIpc) is 3.35. The molecule has 0 atom stereocenters. The Morgan fingerprint density at radius 3 is 2.70 bits per heavy atom. The van der Waals surface area contributed by atoms with E-state index in [1.54, 1.807) is 7.05 Å². The summed E-state index contributed by atoms with van der Waals surface area (Å²) in [6, 6.07) is 9.94. The molecule has 0 bridgehead atoms. The van der Waals surface area contributed by atoms with Gasteiger partial charge in [-0.1, -0.05) is 53.4 Å². The first-order valence-electron chi connectivity index (χ1n) is 8.85. The summed E-state index contributed by atoms with van der Waals surface area (Å²) >= 11 is 2.74. The second-order valence-electron chi connectivity index (χ2n) is 6.46. The van der Waals surface area contributed by atoms with Crippen LogP contribution in [0.4, 0.5) is 5.13 Å². The molecule has 0 spiro atoms. The zero-order valence-corrected chi connectivity index (χ0v) is 17.7. The summed E-state index contributed by atoms with van der Waals surface area (Å²) in [6.07, 6.45) is 1.45. The van der Waals surface area contributed by atoms with E-state index in [9.17, 15) is 14.4 Å². The normalized spacial score (nSPS) is 11.1. The molecule has 1 aromatic carbocycles. The van der Waals surface area contributed by atoms with Crippen LogP contribution in [0, 0.1) is 0 Å². The number of imidazole rings is 1. The van der Waals surface area contributed by atoms with Gasteiger partial charge in [0.15, 0.2) is 15.5 Å². The van der Waals surface area contributed by atoms with E-state index in [-0.39, 0.29) is 11.2 Å². The Hall–Kier alpha value is -3.25. The van der Waals surface area contributed by atoms with Gasteiger partial charge >= 0.3 is 5.69 Å². The summed E-state index contributed by atoms with van der Waals surface area (Å²) in [7, 11) is 3.16. The van der Waals surface area contributed by atoms with Gasteiger partial charge in [-0.25, -0.2) is 14.3 Å². The van der Waals surface area contributed by atoms with E-state index < -0.39 is 23.7 Å². The highest BCUT2D eigenvalue weighted by atomic mass is 32.2. The number of aromatic nitrogens is 6. The zero-order chi connectivity index (χ0) is 21.3. The number of amides is 1. The van der Waals surface area contributed by atoms with E-state index >= 15 is 0 Å². The van der Waals surface area contributed by atoms with Gasteiger partial charge in [0.1, 0.15) is 6.54 Å². The number of nitrogens with zero attached hydrogens (tertiary/aromatic N) is 6. The minimum Gasteiger partial charge on any atom is -0.328 e. The third-order valence-electron chi connectivity index (χ3n) is 4.36. The molecule has 154 valence electrons. The number of hydrogen-bond donors (Lipinski definition) is 1. The van der Waals surface area contributed by atoms with Crippen molar-refractivity contribution in [3.63, 3.8) is 0 Å². The van der Waals surface area contributed by atoms with Crippen molar-refractivity contribution in [2.75, 3.05) is 5.32 Å². The van der Waals surface area contributed by atoms with Crippen molar-refractivity contribution in [1.82, 2.24) is 28.9 Å². The standard InChI is InChI=1S/C18H17N7O3S2/c1-23-10-19-14-13(23)15(27)25(18(28)24(14)2)8-12(26)20-16-21-22-17(30-16)29-9-11-6-4-3-5-7-11/h3-7,10H,8-9H2,1-2H3,(H,20,21,26). The summed E-state index contributed by atoms with van der Waals surface area (Å²) in [5.74, 6) is 0.200. The van der Waals surface area contributed by atoms with E-state index in [0.717, 1.165) is 15.9 Å². The highest BCUT2D eigenvalue weighted by Crippen LogP contribution is 2.28. The molecule has 12 heteroatoms. The third kappa shape index (κ3) is 3.91. The first kappa shape index (κ1) is 20.0. The van der Waals surface area contributed by atoms with Crippen molar-refractivity contribution in [2.45, 2.75) is 16.6 Å². The Balaban J connectivity index is 1.47. The van der Waals surface area contributed by atoms with Crippen LogP contribution in [0.1, 0.15) is 5.56 Å². The van der Waals surface area contributed by atoms with Crippen molar-refractivity contribution in [3.8, 4) is 0 Å². The molecule has 4 rings (SSSR count). The molecule has 0 aliphatic carbocycles. The number of aryl methyl sites for hydroxylation is 2. The molecular formula is C18H17N7O3S2. The van der Waals surface area contributed by atoms with Crippen molar-refractivity contribution in [3.05, 3.63) is 63.1 Å². The third-order valence-corrected chi connectivity index (χ3v) is 6.40. The Bertz CT molecular complexity index is 1340. The minimum absolute atomic E-state index is 0.250. The second kappa shape index (κ2) is 8.24. The van der Waals surface area contributed by atoms with Crippen molar-refractivity contribution < 1.29 is 4.79 Å². The van der Waals surface area contributed by atoms with Gasteiger partial charge in [0.25, 0.3) is 5.56 Å². The van der Waals surface area contributed by atoms with Gasteiger partial charge in [0, 0.05) is 19.8 Å². The van der Waals surface area contributed by atoms with Gasteiger partial charge < -0.3 is 4.57 Å². The second-order valence-corrected chi connectivity index (χ2v) is 8.66. The van der Waals surface area contributed by atoms with Crippen LogP contribution in [0.5, 0.6) is 0 Å². The minimum atomic E-state index is -0.613. The van der Waals surface area contributed by atoms with Crippen LogP contribution in [0.3, 0.4) is 0 Å². The summed E-state index contributed by atoms with van der Waals surface area (Å²) in [5.41, 5.74) is 0.496. The number of anilines is 1. The van der Waals surface area contributed by atoms with E-state index in [1.165, 1.54) is 45.6 Å². The molecule has 0 aliphatic heterocycles. The van der Waals surface area contributed by atoms with E-state index in [4.69, 9.17) is 0 Å². The van der Waals surface area contributed by atoms with Crippen LogP contribution >= 0.6 is 23.1 Å². The van der Waals surface area contributed by atoms with Gasteiger partial charge in [-0.2, -0.15) is 0 Å². The van der Waals surface area contributed by atoms with Gasteiger partial charge in [-0.05, 0) is 5.56 Å². The maximum Gasteiger partial charge on any atom is 0.332 e. The molecule has 4 aromatic rings. The first-order chi connectivity index (χ1) is 14.4. The molecule has 0 radical (unpaired) electrons. The fraction of sp³-hybridized carbons (Fsp3) is 0.222. The molecule has 1 N–H and O–H groups in total. The van der Waals surface area contributed by atoms with E-state index in [2.05, 4.69) is 20.5 Å². The first-order valence-corrected chi connectivity index (χ1v) is 10.6. The summed E-state index contributed by atoms with van der Waals surface area (Å²) in [4.78, 5) is 41.7. The molecule has 0 fully saturated rings. The van der Waals surface area contributed by atoms with Gasteiger partial charge in [0.05, 0.1) is 6.33 Å². The average molecular weight is 444 g/mol. The maximum absolute atomic E-state index is 12.7. The number of carbonyl (C=O) groups excluding carboxylic acids is 1. The molecule has 0 unspecified atom stereocenters. The molecule has 3 aromatic heterocycles. The molecular weight excluding hydrogens is 426 g/mol. The topological polar surface area (TPSA) is 117 Å². The van der Waals surface area contributed by atoms with Gasteiger partial charge in [-0.15, -0.1) is 10.2 Å². The van der Waals surface area contributed by atoms with Crippen molar-refractivity contribution >= 4 is 45.3 Å². The lowest BCUT2D eigenvalue weighted by atomic mass is 10.2. The molecule has 3 heterocycles. The van der Waals surface area contributed by atoms with E-state index in [1.807, 2.05) is 30.3 Å². The Labute approximate surface area is 178 Å². The number of thioether (sulfide) groups is 1. The molecule has 30 heavy (non-hydrogen) atoms. The highest BCUT2D eigenvalue weighted by molar-refractivity contribution is 8.00. The van der Waals surface area contributed by atoms with Gasteiger partial charge in [0.2, 0.25) is 11.0 Å². The van der Waals surface area contributed by atoms with Crippen LogP contribution < -0.4 is 16.6 Å². The Morgan fingerprint density at radius 2 is 1.93 bits per heavy atom. The number of benzene rings is 1. The molecule has 0 saturated carbocycles. The summed E-state index contributed by atoms with van der Waals surface area (Å²) in [6.45, 7) is -0.432. The Morgan fingerprint density at radius 1 is 1.17 bits per heavy atom.